The monoisotopic (exact) mass is 402 g/mol. The maximum atomic E-state index is 6.53. The molecular weight excluding hydrogens is 368 g/mol. The third-order valence-electron chi connectivity index (χ3n) is 4.87. The van der Waals surface area contributed by atoms with Crippen LogP contribution in [0.15, 0.2) is 42.5 Å². The Balaban J connectivity index is 1.88. The summed E-state index contributed by atoms with van der Waals surface area (Å²) in [6.07, 6.45) is 11.0. The molecule has 0 atom stereocenters. The highest BCUT2D eigenvalue weighted by molar-refractivity contribution is 6.33. The zero-order valence-corrected chi connectivity index (χ0v) is 18.3. The fourth-order valence-electron chi connectivity index (χ4n) is 3.19. The molecule has 0 aromatic heterocycles. The first-order valence-corrected chi connectivity index (χ1v) is 11.3. The van der Waals surface area contributed by atoms with Crippen LogP contribution in [0.1, 0.15) is 71.6 Å². The van der Waals surface area contributed by atoms with Crippen LogP contribution in [0.5, 0.6) is 11.5 Å². The molecule has 0 saturated carbocycles. The van der Waals surface area contributed by atoms with Crippen molar-refractivity contribution < 1.29 is 9.47 Å². The van der Waals surface area contributed by atoms with Gasteiger partial charge in [0.25, 0.3) is 0 Å². The summed E-state index contributed by atoms with van der Waals surface area (Å²) in [6.45, 7) is 5.97. The van der Waals surface area contributed by atoms with Crippen LogP contribution in [-0.4, -0.2) is 13.2 Å². The lowest BCUT2D eigenvalue weighted by molar-refractivity contribution is 0.304. The maximum absolute atomic E-state index is 6.53. The number of hydrogen-bond acceptors (Lipinski definition) is 2. The topological polar surface area (TPSA) is 18.5 Å². The predicted octanol–water partition coefficient (Wildman–Crippen LogP) is 8.32. The summed E-state index contributed by atoms with van der Waals surface area (Å²) >= 11 is 6.53. The Hall–Kier alpha value is -1.67. The zero-order chi connectivity index (χ0) is 20.0. The fraction of sp³-hybridized carbons (Fsp3) is 0.520. The average molecular weight is 403 g/mol. The Morgan fingerprint density at radius 1 is 0.679 bits per heavy atom. The second kappa shape index (κ2) is 13.5. The number of halogens is 1. The molecule has 0 aliphatic heterocycles. The van der Waals surface area contributed by atoms with Crippen molar-refractivity contribution in [3.8, 4) is 22.6 Å². The summed E-state index contributed by atoms with van der Waals surface area (Å²) < 4.78 is 11.8. The molecule has 154 valence electrons. The van der Waals surface area contributed by atoms with Gasteiger partial charge in [0, 0.05) is 5.56 Å². The Morgan fingerprint density at radius 3 is 1.93 bits per heavy atom. The molecule has 0 amide bonds. The molecule has 0 saturated heterocycles. The second-order valence-electron chi connectivity index (χ2n) is 7.34. The van der Waals surface area contributed by atoms with Crippen LogP contribution in [0.2, 0.25) is 5.02 Å². The minimum atomic E-state index is 0.711. The van der Waals surface area contributed by atoms with Gasteiger partial charge in [0.15, 0.2) is 0 Å². The standard InChI is InChI=1S/C25H35ClO2/c1-3-5-7-9-11-18-27-22-14-12-13-21(19-22)24-16-15-23(20-25(24)26)28-17-10-8-6-4-2/h12-16,19-20H,3-11,17-18H2,1-2H3. The van der Waals surface area contributed by atoms with Crippen molar-refractivity contribution in [2.45, 2.75) is 71.6 Å². The van der Waals surface area contributed by atoms with E-state index in [0.717, 1.165) is 48.7 Å². The molecule has 3 heteroatoms. The van der Waals surface area contributed by atoms with E-state index in [-0.39, 0.29) is 0 Å². The SMILES string of the molecule is CCCCCCCOc1cccc(-c2ccc(OCCCCCC)cc2Cl)c1. The molecule has 2 rings (SSSR count). The zero-order valence-electron chi connectivity index (χ0n) is 17.5. The lowest BCUT2D eigenvalue weighted by atomic mass is 10.1. The quantitative estimate of drug-likeness (QED) is 0.296. The molecule has 0 aliphatic carbocycles. The predicted molar refractivity (Wildman–Crippen MR) is 121 cm³/mol. The van der Waals surface area contributed by atoms with Gasteiger partial charge >= 0.3 is 0 Å². The van der Waals surface area contributed by atoms with E-state index in [2.05, 4.69) is 26.0 Å². The van der Waals surface area contributed by atoms with Gasteiger partial charge in [0.1, 0.15) is 11.5 Å². The van der Waals surface area contributed by atoms with Gasteiger partial charge in [0.2, 0.25) is 0 Å². The summed E-state index contributed by atoms with van der Waals surface area (Å²) in [5.74, 6) is 1.74. The molecule has 0 spiro atoms. The molecule has 0 heterocycles. The maximum Gasteiger partial charge on any atom is 0.120 e. The van der Waals surface area contributed by atoms with Gasteiger partial charge in [-0.3, -0.25) is 0 Å². The second-order valence-corrected chi connectivity index (χ2v) is 7.75. The molecule has 2 aromatic rings. The van der Waals surface area contributed by atoms with E-state index in [9.17, 15) is 0 Å². The minimum absolute atomic E-state index is 0.711. The number of hydrogen-bond donors (Lipinski definition) is 0. The molecule has 0 unspecified atom stereocenters. The highest BCUT2D eigenvalue weighted by Gasteiger charge is 2.07. The van der Waals surface area contributed by atoms with Crippen LogP contribution in [-0.2, 0) is 0 Å². The molecule has 0 radical (unpaired) electrons. The first-order valence-electron chi connectivity index (χ1n) is 10.9. The summed E-state index contributed by atoms with van der Waals surface area (Å²) in [7, 11) is 0. The highest BCUT2D eigenvalue weighted by atomic mass is 35.5. The van der Waals surface area contributed by atoms with Gasteiger partial charge in [-0.2, -0.15) is 0 Å². The van der Waals surface area contributed by atoms with Gasteiger partial charge in [-0.05, 0) is 48.7 Å². The van der Waals surface area contributed by atoms with Crippen molar-refractivity contribution in [2.24, 2.45) is 0 Å². The van der Waals surface area contributed by atoms with Crippen LogP contribution >= 0.6 is 11.6 Å². The number of unbranched alkanes of at least 4 members (excludes halogenated alkanes) is 7. The minimum Gasteiger partial charge on any atom is -0.494 e. The van der Waals surface area contributed by atoms with Gasteiger partial charge < -0.3 is 9.47 Å². The lowest BCUT2D eigenvalue weighted by Crippen LogP contribution is -1.98. The molecular formula is C25H35ClO2. The first kappa shape index (κ1) is 22.6. The van der Waals surface area contributed by atoms with Gasteiger partial charge in [-0.15, -0.1) is 0 Å². The van der Waals surface area contributed by atoms with Gasteiger partial charge in [-0.1, -0.05) is 82.5 Å². The molecule has 0 bridgehead atoms. The van der Waals surface area contributed by atoms with E-state index in [1.165, 1.54) is 44.9 Å². The van der Waals surface area contributed by atoms with Crippen molar-refractivity contribution >= 4 is 11.6 Å². The molecule has 0 fully saturated rings. The van der Waals surface area contributed by atoms with Crippen molar-refractivity contribution in [1.82, 2.24) is 0 Å². The smallest absolute Gasteiger partial charge is 0.120 e. The Kier molecular flexibility index (Phi) is 10.9. The molecule has 28 heavy (non-hydrogen) atoms. The summed E-state index contributed by atoms with van der Waals surface area (Å²) in [5.41, 5.74) is 2.08. The van der Waals surface area contributed by atoms with Crippen LogP contribution in [0.25, 0.3) is 11.1 Å². The average Bonchev–Trinajstić information content (AvgIpc) is 2.71. The molecule has 0 aliphatic rings. The molecule has 2 nitrogen and oxygen atoms in total. The van der Waals surface area contributed by atoms with Crippen LogP contribution in [0.3, 0.4) is 0 Å². The Bertz CT molecular complexity index is 684. The van der Waals surface area contributed by atoms with Crippen molar-refractivity contribution in [3.05, 3.63) is 47.5 Å². The van der Waals surface area contributed by atoms with E-state index in [0.29, 0.717) is 5.02 Å². The van der Waals surface area contributed by atoms with Crippen LogP contribution < -0.4 is 9.47 Å². The lowest BCUT2D eigenvalue weighted by Gasteiger charge is -2.11. The first-order chi connectivity index (χ1) is 13.7. The molecule has 2 aromatic carbocycles. The van der Waals surface area contributed by atoms with E-state index in [4.69, 9.17) is 21.1 Å². The van der Waals surface area contributed by atoms with Crippen molar-refractivity contribution in [3.63, 3.8) is 0 Å². The van der Waals surface area contributed by atoms with Gasteiger partial charge in [-0.25, -0.2) is 0 Å². The number of benzene rings is 2. The fourth-order valence-corrected chi connectivity index (χ4v) is 3.47. The highest BCUT2D eigenvalue weighted by Crippen LogP contribution is 2.33. The van der Waals surface area contributed by atoms with Crippen molar-refractivity contribution in [2.75, 3.05) is 13.2 Å². The number of ether oxygens (including phenoxy) is 2. The van der Waals surface area contributed by atoms with Crippen molar-refractivity contribution in [1.29, 1.82) is 0 Å². The summed E-state index contributed by atoms with van der Waals surface area (Å²) in [4.78, 5) is 0. The summed E-state index contributed by atoms with van der Waals surface area (Å²) in [6, 6.07) is 14.1. The third-order valence-corrected chi connectivity index (χ3v) is 5.18. The third kappa shape index (κ3) is 8.14. The Labute approximate surface area is 176 Å². The van der Waals surface area contributed by atoms with E-state index in [1.54, 1.807) is 0 Å². The van der Waals surface area contributed by atoms with Crippen LogP contribution in [0, 0.1) is 0 Å². The normalized spacial score (nSPS) is 10.8. The van der Waals surface area contributed by atoms with Gasteiger partial charge in [0.05, 0.1) is 18.2 Å². The van der Waals surface area contributed by atoms with E-state index in [1.807, 2.05) is 30.3 Å². The molecule has 0 N–H and O–H groups in total. The largest absolute Gasteiger partial charge is 0.494 e. The summed E-state index contributed by atoms with van der Waals surface area (Å²) in [5, 5.41) is 0.711. The number of rotatable bonds is 14. The van der Waals surface area contributed by atoms with E-state index >= 15 is 0 Å². The van der Waals surface area contributed by atoms with Crippen LogP contribution in [0.4, 0.5) is 0 Å². The van der Waals surface area contributed by atoms with E-state index < -0.39 is 0 Å². The Morgan fingerprint density at radius 2 is 1.29 bits per heavy atom.